The van der Waals surface area contributed by atoms with Gasteiger partial charge in [-0.25, -0.2) is 0 Å². The van der Waals surface area contributed by atoms with E-state index in [1.54, 1.807) is 16.7 Å². The van der Waals surface area contributed by atoms with Crippen LogP contribution >= 0.6 is 27.7 Å². The Morgan fingerprint density at radius 1 is 1.45 bits per heavy atom. The normalized spacial score (nSPS) is 17.7. The zero-order valence-corrected chi connectivity index (χ0v) is 13.5. The monoisotopic (exact) mass is 357 g/mol. The van der Waals surface area contributed by atoms with E-state index in [2.05, 4.69) is 22.9 Å². The Labute approximate surface area is 130 Å². The van der Waals surface area contributed by atoms with E-state index in [9.17, 15) is 9.59 Å². The number of benzene rings is 1. The number of thioether (sulfide) groups is 1. The molecule has 0 spiro atoms. The molecule has 0 aromatic heterocycles. The number of aliphatic carboxylic acids is 1. The number of halogens is 1. The summed E-state index contributed by atoms with van der Waals surface area (Å²) in [6.07, 6.45) is 0.703. The molecule has 1 aromatic carbocycles. The van der Waals surface area contributed by atoms with E-state index in [4.69, 9.17) is 5.11 Å². The van der Waals surface area contributed by atoms with Crippen molar-refractivity contribution in [3.8, 4) is 0 Å². The molecule has 1 unspecified atom stereocenters. The van der Waals surface area contributed by atoms with Crippen molar-refractivity contribution in [2.24, 2.45) is 0 Å². The lowest BCUT2D eigenvalue weighted by molar-refractivity contribution is -0.137. The van der Waals surface area contributed by atoms with E-state index in [1.807, 2.05) is 18.2 Å². The Morgan fingerprint density at radius 3 is 2.90 bits per heavy atom. The number of anilines is 1. The lowest BCUT2D eigenvalue weighted by Gasteiger charge is -2.32. The molecule has 1 heterocycles. The maximum absolute atomic E-state index is 12.3. The van der Waals surface area contributed by atoms with Crippen LogP contribution in [0.4, 0.5) is 5.69 Å². The van der Waals surface area contributed by atoms with Gasteiger partial charge in [-0.2, -0.15) is 0 Å². The standard InChI is InChI=1S/C14H16BrNO3S/c1-9-8-16(13(17)3-2-4-14(18)19)11-6-5-10(15)7-12(11)20-9/h5-7,9H,2-4,8H2,1H3,(H,18,19). The molecule has 1 amide bonds. The molecule has 0 bridgehead atoms. The Balaban J connectivity index is 2.12. The van der Waals surface area contributed by atoms with Gasteiger partial charge >= 0.3 is 5.97 Å². The number of carbonyl (C=O) groups excluding carboxylic acids is 1. The summed E-state index contributed by atoms with van der Waals surface area (Å²) in [5, 5.41) is 8.97. The fourth-order valence-electron chi connectivity index (χ4n) is 2.18. The first-order valence-corrected chi connectivity index (χ1v) is 8.13. The highest BCUT2D eigenvalue weighted by Gasteiger charge is 2.26. The zero-order valence-electron chi connectivity index (χ0n) is 11.1. The van der Waals surface area contributed by atoms with Crippen LogP contribution in [0.1, 0.15) is 26.2 Å². The smallest absolute Gasteiger partial charge is 0.303 e. The Morgan fingerprint density at radius 2 is 2.20 bits per heavy atom. The Kier molecular flexibility index (Phi) is 5.10. The van der Waals surface area contributed by atoms with Gasteiger partial charge in [0, 0.05) is 34.0 Å². The minimum Gasteiger partial charge on any atom is -0.481 e. The van der Waals surface area contributed by atoms with Gasteiger partial charge in [0.15, 0.2) is 0 Å². The second kappa shape index (κ2) is 6.63. The summed E-state index contributed by atoms with van der Waals surface area (Å²) in [5.74, 6) is -0.855. The number of amides is 1. The van der Waals surface area contributed by atoms with Crippen molar-refractivity contribution in [3.05, 3.63) is 22.7 Å². The summed E-state index contributed by atoms with van der Waals surface area (Å²) in [6, 6.07) is 5.88. The van der Waals surface area contributed by atoms with Gasteiger partial charge in [0.05, 0.1) is 5.69 Å². The average molecular weight is 358 g/mol. The van der Waals surface area contributed by atoms with E-state index >= 15 is 0 Å². The van der Waals surface area contributed by atoms with E-state index in [1.165, 1.54) is 0 Å². The van der Waals surface area contributed by atoms with E-state index < -0.39 is 5.97 Å². The predicted octanol–water partition coefficient (Wildman–Crippen LogP) is 3.53. The third kappa shape index (κ3) is 3.76. The summed E-state index contributed by atoms with van der Waals surface area (Å²) < 4.78 is 0.996. The van der Waals surface area contributed by atoms with Gasteiger partial charge < -0.3 is 10.0 Å². The molecule has 2 rings (SSSR count). The molecule has 0 saturated heterocycles. The highest BCUT2D eigenvalue weighted by molar-refractivity contribution is 9.10. The van der Waals surface area contributed by atoms with Crippen molar-refractivity contribution in [3.63, 3.8) is 0 Å². The van der Waals surface area contributed by atoms with Gasteiger partial charge in [-0.05, 0) is 24.6 Å². The van der Waals surface area contributed by atoms with Crippen LogP contribution in [0.5, 0.6) is 0 Å². The lowest BCUT2D eigenvalue weighted by Crippen LogP contribution is -2.38. The molecule has 1 atom stereocenters. The van der Waals surface area contributed by atoms with Crippen LogP contribution in [-0.2, 0) is 9.59 Å². The van der Waals surface area contributed by atoms with Gasteiger partial charge in [-0.1, -0.05) is 22.9 Å². The predicted molar refractivity (Wildman–Crippen MR) is 83.3 cm³/mol. The molecule has 6 heteroatoms. The fraction of sp³-hybridized carbons (Fsp3) is 0.429. The zero-order chi connectivity index (χ0) is 14.7. The topological polar surface area (TPSA) is 57.6 Å². The Hall–Kier alpha value is -1.01. The molecule has 0 radical (unpaired) electrons. The third-order valence-corrected chi connectivity index (χ3v) is 4.69. The molecule has 1 aliphatic rings. The summed E-state index contributed by atoms with van der Waals surface area (Å²) >= 11 is 5.20. The number of hydrogen-bond donors (Lipinski definition) is 1. The summed E-state index contributed by atoms with van der Waals surface area (Å²) in [5.41, 5.74) is 0.927. The van der Waals surface area contributed by atoms with Gasteiger partial charge in [0.25, 0.3) is 0 Å². The molecule has 20 heavy (non-hydrogen) atoms. The van der Waals surface area contributed by atoms with Crippen LogP contribution in [0.15, 0.2) is 27.6 Å². The highest BCUT2D eigenvalue weighted by Crippen LogP contribution is 2.40. The number of rotatable bonds is 4. The van der Waals surface area contributed by atoms with E-state index in [0.29, 0.717) is 18.2 Å². The van der Waals surface area contributed by atoms with Crippen LogP contribution in [0.3, 0.4) is 0 Å². The average Bonchev–Trinajstić information content (AvgIpc) is 2.36. The van der Waals surface area contributed by atoms with Crippen molar-refractivity contribution in [1.82, 2.24) is 0 Å². The molecule has 0 fully saturated rings. The minimum atomic E-state index is -0.857. The number of carboxylic acid groups (broad SMARTS) is 1. The van der Waals surface area contributed by atoms with Crippen LogP contribution in [-0.4, -0.2) is 28.8 Å². The van der Waals surface area contributed by atoms with E-state index in [0.717, 1.165) is 15.1 Å². The first-order chi connectivity index (χ1) is 9.47. The van der Waals surface area contributed by atoms with Crippen molar-refractivity contribution in [2.75, 3.05) is 11.4 Å². The number of nitrogens with zero attached hydrogens (tertiary/aromatic N) is 1. The van der Waals surface area contributed by atoms with Crippen LogP contribution < -0.4 is 4.90 Å². The third-order valence-electron chi connectivity index (χ3n) is 3.06. The molecule has 0 saturated carbocycles. The van der Waals surface area contributed by atoms with Crippen molar-refractivity contribution >= 4 is 45.3 Å². The van der Waals surface area contributed by atoms with Crippen LogP contribution in [0.25, 0.3) is 0 Å². The number of hydrogen-bond acceptors (Lipinski definition) is 3. The van der Waals surface area contributed by atoms with Crippen LogP contribution in [0, 0.1) is 0 Å². The van der Waals surface area contributed by atoms with Gasteiger partial charge in [-0.3, -0.25) is 9.59 Å². The molecule has 1 aromatic rings. The maximum atomic E-state index is 12.3. The van der Waals surface area contributed by atoms with E-state index in [-0.39, 0.29) is 18.7 Å². The second-order valence-electron chi connectivity index (χ2n) is 4.79. The number of carbonyl (C=O) groups is 2. The number of carboxylic acids is 1. The van der Waals surface area contributed by atoms with Crippen molar-refractivity contribution in [1.29, 1.82) is 0 Å². The maximum Gasteiger partial charge on any atom is 0.303 e. The number of fused-ring (bicyclic) bond motifs is 1. The van der Waals surface area contributed by atoms with Crippen molar-refractivity contribution < 1.29 is 14.7 Å². The first-order valence-electron chi connectivity index (χ1n) is 6.45. The Bertz CT molecular complexity index is 535. The SMILES string of the molecule is CC1CN(C(=O)CCCC(=O)O)c2ccc(Br)cc2S1. The lowest BCUT2D eigenvalue weighted by atomic mass is 10.2. The molecule has 1 aliphatic heterocycles. The largest absolute Gasteiger partial charge is 0.481 e. The van der Waals surface area contributed by atoms with Gasteiger partial charge in [0.1, 0.15) is 0 Å². The van der Waals surface area contributed by atoms with Crippen LogP contribution in [0.2, 0.25) is 0 Å². The first kappa shape index (κ1) is 15.4. The summed E-state index contributed by atoms with van der Waals surface area (Å²) in [6.45, 7) is 2.76. The molecule has 0 aliphatic carbocycles. The molecular formula is C14H16BrNO3S. The minimum absolute atomic E-state index is 0.00183. The molecular weight excluding hydrogens is 342 g/mol. The van der Waals surface area contributed by atoms with Gasteiger partial charge in [0.2, 0.25) is 5.91 Å². The quantitative estimate of drug-likeness (QED) is 0.895. The molecule has 4 nitrogen and oxygen atoms in total. The summed E-state index contributed by atoms with van der Waals surface area (Å²) in [7, 11) is 0. The van der Waals surface area contributed by atoms with Crippen molar-refractivity contribution in [2.45, 2.75) is 36.3 Å². The summed E-state index contributed by atoms with van der Waals surface area (Å²) in [4.78, 5) is 25.7. The second-order valence-corrected chi connectivity index (χ2v) is 7.19. The molecule has 1 N–H and O–H groups in total. The van der Waals surface area contributed by atoms with Gasteiger partial charge in [-0.15, -0.1) is 11.8 Å². The molecule has 108 valence electrons. The fourth-order valence-corrected chi connectivity index (χ4v) is 3.84. The highest BCUT2D eigenvalue weighted by atomic mass is 79.9.